The molecule has 0 amide bonds. The fourth-order valence-electron chi connectivity index (χ4n) is 0.972. The van der Waals surface area contributed by atoms with Gasteiger partial charge in [-0.1, -0.05) is 0 Å². The molecule has 0 saturated carbocycles. The minimum absolute atomic E-state index is 0.113. The van der Waals surface area contributed by atoms with Crippen molar-refractivity contribution in [2.75, 3.05) is 7.05 Å². The molecule has 5 heteroatoms. The van der Waals surface area contributed by atoms with Gasteiger partial charge in [0.15, 0.2) is 11.6 Å². The summed E-state index contributed by atoms with van der Waals surface area (Å²) in [5, 5.41) is 11.2. The summed E-state index contributed by atoms with van der Waals surface area (Å²) in [5.74, 6) is -1.43. The van der Waals surface area contributed by atoms with Crippen LogP contribution in [-0.2, 0) is 14.4 Å². The summed E-state index contributed by atoms with van der Waals surface area (Å²) in [7, 11) is 1.52. The number of ketones is 2. The topological polar surface area (TPSA) is 83.5 Å². The zero-order valence-electron chi connectivity index (χ0n) is 8.82. The second-order valence-corrected chi connectivity index (χ2v) is 3.13. The van der Waals surface area contributed by atoms with Gasteiger partial charge in [0.25, 0.3) is 0 Å². The minimum atomic E-state index is -0.985. The Morgan fingerprint density at radius 3 is 2.33 bits per heavy atom. The maximum Gasteiger partial charge on any atom is 0.320 e. The fourth-order valence-corrected chi connectivity index (χ4v) is 0.972. The van der Waals surface area contributed by atoms with E-state index in [1.807, 2.05) is 0 Å². The van der Waals surface area contributed by atoms with Gasteiger partial charge in [-0.05, 0) is 32.5 Å². The molecule has 0 aliphatic heterocycles. The van der Waals surface area contributed by atoms with Crippen LogP contribution in [0.2, 0.25) is 0 Å². The number of carbonyl (C=O) groups excluding carboxylic acids is 2. The average molecular weight is 213 g/mol. The minimum Gasteiger partial charge on any atom is -0.480 e. The molecule has 0 aliphatic carbocycles. The molecule has 0 bridgehead atoms. The van der Waals surface area contributed by atoms with Crippen LogP contribution >= 0.6 is 0 Å². The molecule has 0 spiro atoms. The van der Waals surface area contributed by atoms with E-state index in [0.717, 1.165) is 0 Å². The third kappa shape index (κ3) is 6.56. The van der Waals surface area contributed by atoms with Gasteiger partial charge in [0.1, 0.15) is 6.04 Å². The molecule has 0 aromatic carbocycles. The molecule has 84 valence electrons. The van der Waals surface area contributed by atoms with Gasteiger partial charge in [0.05, 0.1) is 0 Å². The highest BCUT2D eigenvalue weighted by Crippen LogP contribution is 1.99. The van der Waals surface area contributed by atoms with Crippen LogP contribution < -0.4 is 5.32 Å². The van der Waals surface area contributed by atoms with Gasteiger partial charge in [0.2, 0.25) is 0 Å². The van der Waals surface area contributed by atoms with Crippen molar-refractivity contribution in [3.63, 3.8) is 0 Å². The maximum atomic E-state index is 11.1. The highest BCUT2D eigenvalue weighted by Gasteiger charge is 2.15. The number of nitrogens with one attached hydrogen (secondary N) is 1. The predicted octanol–water partition coefficient (Wildman–Crippen LogP) is 0.153. The molecule has 2 N–H and O–H groups in total. The van der Waals surface area contributed by atoms with E-state index in [1.165, 1.54) is 26.1 Å². The Morgan fingerprint density at radius 2 is 1.93 bits per heavy atom. The monoisotopic (exact) mass is 213 g/mol. The van der Waals surface area contributed by atoms with Crippen LogP contribution in [-0.4, -0.2) is 35.7 Å². The number of hydrogen-bond acceptors (Lipinski definition) is 4. The number of aliphatic carboxylic acids is 1. The molecular formula is C10H15NO4. The first kappa shape index (κ1) is 13.5. The number of carboxylic acid groups (broad SMARTS) is 1. The van der Waals surface area contributed by atoms with Crippen molar-refractivity contribution in [1.82, 2.24) is 5.32 Å². The van der Waals surface area contributed by atoms with Crippen LogP contribution in [0.5, 0.6) is 0 Å². The van der Waals surface area contributed by atoms with Crippen molar-refractivity contribution >= 4 is 17.5 Å². The molecule has 0 aromatic heterocycles. The predicted molar refractivity (Wildman–Crippen MR) is 54.5 cm³/mol. The Kier molecular flexibility index (Phi) is 6.21. The molecule has 0 radical (unpaired) electrons. The van der Waals surface area contributed by atoms with Gasteiger partial charge in [-0.2, -0.15) is 0 Å². The quantitative estimate of drug-likeness (QED) is 0.588. The SMILES string of the molecule is CN[C@H](CCC(=O)/C=C/C(C)=O)C(=O)O. The van der Waals surface area contributed by atoms with Gasteiger partial charge >= 0.3 is 5.97 Å². The number of allylic oxidation sites excluding steroid dienone is 2. The number of carboxylic acids is 1. The van der Waals surface area contributed by atoms with E-state index in [-0.39, 0.29) is 24.4 Å². The average Bonchev–Trinajstić information content (AvgIpc) is 2.15. The molecule has 0 heterocycles. The number of hydrogen-bond donors (Lipinski definition) is 2. The van der Waals surface area contributed by atoms with Gasteiger partial charge < -0.3 is 10.4 Å². The van der Waals surface area contributed by atoms with Crippen molar-refractivity contribution in [3.05, 3.63) is 12.2 Å². The van der Waals surface area contributed by atoms with Crippen LogP contribution in [0, 0.1) is 0 Å². The molecule has 0 aliphatic rings. The lowest BCUT2D eigenvalue weighted by molar-refractivity contribution is -0.139. The normalized spacial score (nSPS) is 12.7. The Balaban J connectivity index is 3.99. The molecule has 1 atom stereocenters. The summed E-state index contributed by atoms with van der Waals surface area (Å²) < 4.78 is 0. The summed E-state index contributed by atoms with van der Waals surface area (Å²) in [6, 6.07) is -0.723. The van der Waals surface area contributed by atoms with Gasteiger partial charge in [-0.25, -0.2) is 0 Å². The summed E-state index contributed by atoms with van der Waals surface area (Å²) in [6.07, 6.45) is 2.68. The summed E-state index contributed by atoms with van der Waals surface area (Å²) in [4.78, 5) is 32.2. The zero-order chi connectivity index (χ0) is 11.8. The van der Waals surface area contributed by atoms with E-state index in [2.05, 4.69) is 5.32 Å². The third-order valence-electron chi connectivity index (χ3n) is 1.83. The van der Waals surface area contributed by atoms with Crippen LogP contribution in [0.3, 0.4) is 0 Å². The second kappa shape index (κ2) is 6.89. The lowest BCUT2D eigenvalue weighted by Gasteiger charge is -2.08. The highest BCUT2D eigenvalue weighted by atomic mass is 16.4. The van der Waals surface area contributed by atoms with E-state index >= 15 is 0 Å². The lowest BCUT2D eigenvalue weighted by atomic mass is 10.1. The van der Waals surface area contributed by atoms with Crippen LogP contribution in [0.4, 0.5) is 0 Å². The van der Waals surface area contributed by atoms with Crippen molar-refractivity contribution in [1.29, 1.82) is 0 Å². The van der Waals surface area contributed by atoms with Crippen LogP contribution in [0.25, 0.3) is 0 Å². The van der Waals surface area contributed by atoms with Crippen molar-refractivity contribution in [2.45, 2.75) is 25.8 Å². The molecular weight excluding hydrogens is 198 g/mol. The Labute approximate surface area is 88.2 Å². The second-order valence-electron chi connectivity index (χ2n) is 3.13. The Bertz CT molecular complexity index is 283. The fraction of sp³-hybridized carbons (Fsp3) is 0.500. The molecule has 0 aromatic rings. The van der Waals surface area contributed by atoms with Gasteiger partial charge in [-0.3, -0.25) is 14.4 Å². The van der Waals surface area contributed by atoms with Crippen molar-refractivity contribution in [3.8, 4) is 0 Å². The molecule has 15 heavy (non-hydrogen) atoms. The standard InChI is InChI=1S/C10H15NO4/c1-7(12)3-4-8(13)5-6-9(11-2)10(14)15/h3-4,9,11H,5-6H2,1-2H3,(H,14,15)/b4-3+/t9-/m1/s1. The smallest absolute Gasteiger partial charge is 0.320 e. The zero-order valence-corrected chi connectivity index (χ0v) is 8.82. The first-order valence-electron chi connectivity index (χ1n) is 4.59. The first-order chi connectivity index (χ1) is 6.97. The van der Waals surface area contributed by atoms with Crippen molar-refractivity contribution in [2.24, 2.45) is 0 Å². The van der Waals surface area contributed by atoms with E-state index in [0.29, 0.717) is 0 Å². The summed E-state index contributed by atoms with van der Waals surface area (Å²) in [6.45, 7) is 1.34. The van der Waals surface area contributed by atoms with Gasteiger partial charge in [0, 0.05) is 6.42 Å². The Hall–Kier alpha value is -1.49. The lowest BCUT2D eigenvalue weighted by Crippen LogP contribution is -2.34. The summed E-state index contributed by atoms with van der Waals surface area (Å²) >= 11 is 0. The number of likely N-dealkylation sites (N-methyl/N-ethyl adjacent to an activating group) is 1. The van der Waals surface area contributed by atoms with E-state index in [4.69, 9.17) is 5.11 Å². The summed E-state index contributed by atoms with van der Waals surface area (Å²) in [5.41, 5.74) is 0. The molecule has 0 unspecified atom stereocenters. The first-order valence-corrected chi connectivity index (χ1v) is 4.59. The number of rotatable bonds is 7. The van der Waals surface area contributed by atoms with Crippen LogP contribution in [0.15, 0.2) is 12.2 Å². The molecule has 5 nitrogen and oxygen atoms in total. The van der Waals surface area contributed by atoms with E-state index in [9.17, 15) is 14.4 Å². The third-order valence-corrected chi connectivity index (χ3v) is 1.83. The molecule has 0 saturated heterocycles. The van der Waals surface area contributed by atoms with E-state index < -0.39 is 12.0 Å². The molecule has 0 rings (SSSR count). The highest BCUT2D eigenvalue weighted by molar-refractivity contribution is 5.97. The van der Waals surface area contributed by atoms with Gasteiger partial charge in [-0.15, -0.1) is 0 Å². The number of carbonyl (C=O) groups is 3. The van der Waals surface area contributed by atoms with E-state index in [1.54, 1.807) is 0 Å². The largest absolute Gasteiger partial charge is 0.480 e. The van der Waals surface area contributed by atoms with Crippen LogP contribution in [0.1, 0.15) is 19.8 Å². The Morgan fingerprint density at radius 1 is 1.33 bits per heavy atom. The van der Waals surface area contributed by atoms with Crippen molar-refractivity contribution < 1.29 is 19.5 Å². The molecule has 0 fully saturated rings. The maximum absolute atomic E-state index is 11.1.